The first-order valence-electron chi connectivity index (χ1n) is 4.43. The van der Waals surface area contributed by atoms with Gasteiger partial charge in [0.2, 0.25) is 0 Å². The first-order valence-corrected chi connectivity index (χ1v) is 4.43. The molecular weight excluding hydrogens is 156 g/mol. The van der Waals surface area contributed by atoms with Crippen LogP contribution < -0.4 is 10.8 Å². The van der Waals surface area contributed by atoms with Gasteiger partial charge >= 0.3 is 0 Å². The van der Waals surface area contributed by atoms with Crippen molar-refractivity contribution < 1.29 is 9.90 Å². The highest BCUT2D eigenvalue weighted by Crippen LogP contribution is 2.34. The Morgan fingerprint density at radius 2 is 1.83 bits per heavy atom. The Kier molecular flexibility index (Phi) is 1.72. The van der Waals surface area contributed by atoms with Gasteiger partial charge in [0.05, 0.1) is 0 Å². The molecule has 2 fully saturated rings. The summed E-state index contributed by atoms with van der Waals surface area (Å²) in [5.74, 6) is 0. The zero-order chi connectivity index (χ0) is 8.72. The van der Waals surface area contributed by atoms with Gasteiger partial charge in [-0.15, -0.1) is 0 Å². The normalized spacial score (nSPS) is 40.1. The first-order chi connectivity index (χ1) is 5.68. The average Bonchev–Trinajstić information content (AvgIpc) is 2.24. The number of carbonyl (C=O) groups is 1. The molecule has 0 aromatic rings. The van der Waals surface area contributed by atoms with Gasteiger partial charge in [-0.2, -0.15) is 0 Å². The zero-order valence-corrected chi connectivity index (χ0v) is 6.90. The smallest absolute Gasteiger partial charge is 0.137 e. The van der Waals surface area contributed by atoms with E-state index in [0.29, 0.717) is 0 Å². The molecule has 2 heterocycles. The lowest BCUT2D eigenvalue weighted by atomic mass is 9.99. The summed E-state index contributed by atoms with van der Waals surface area (Å²) >= 11 is 0. The molecule has 0 aromatic heterocycles. The second-order valence-electron chi connectivity index (χ2n) is 3.79. The molecule has 0 spiro atoms. The molecule has 2 aliphatic heterocycles. The summed E-state index contributed by atoms with van der Waals surface area (Å²) in [4.78, 5) is 12.2. The molecule has 68 valence electrons. The maximum Gasteiger partial charge on any atom is 0.137 e. The standard InChI is InChI=1S/C8H14N2O2/c9-5-3-6-1-2-7(4-5)10(6)8(11)12/h5-7H,1-4,9H2,(H,11,12)/p-1. The summed E-state index contributed by atoms with van der Waals surface area (Å²) in [5, 5.41) is 10.7. The van der Waals surface area contributed by atoms with Crippen LogP contribution in [0.25, 0.3) is 0 Å². The van der Waals surface area contributed by atoms with Gasteiger partial charge in [0.15, 0.2) is 0 Å². The van der Waals surface area contributed by atoms with Crippen molar-refractivity contribution in [3.05, 3.63) is 0 Å². The van der Waals surface area contributed by atoms with Gasteiger partial charge in [0.1, 0.15) is 6.09 Å². The minimum Gasteiger partial charge on any atom is -0.530 e. The molecule has 12 heavy (non-hydrogen) atoms. The SMILES string of the molecule is NC1CC2CCC(C1)N2C(=O)[O-]. The molecule has 4 heteroatoms. The largest absolute Gasteiger partial charge is 0.530 e. The fourth-order valence-electron chi connectivity index (χ4n) is 2.52. The van der Waals surface area contributed by atoms with Gasteiger partial charge in [-0.3, -0.25) is 0 Å². The highest BCUT2D eigenvalue weighted by atomic mass is 16.4. The molecular formula is C8H13N2O2-. The van der Waals surface area contributed by atoms with Crippen LogP contribution in [0.2, 0.25) is 0 Å². The molecule has 2 rings (SSSR count). The fourth-order valence-corrected chi connectivity index (χ4v) is 2.52. The number of nitrogens with two attached hydrogens (primary N) is 1. The third-order valence-corrected chi connectivity index (χ3v) is 2.98. The number of fused-ring (bicyclic) bond motifs is 2. The highest BCUT2D eigenvalue weighted by molar-refractivity contribution is 5.64. The Morgan fingerprint density at radius 1 is 1.33 bits per heavy atom. The minimum absolute atomic E-state index is 0.142. The third kappa shape index (κ3) is 1.06. The van der Waals surface area contributed by atoms with E-state index in [0.717, 1.165) is 25.7 Å². The van der Waals surface area contributed by atoms with Gasteiger partial charge in [-0.1, -0.05) is 0 Å². The van der Waals surface area contributed by atoms with Crippen molar-refractivity contribution in [3.8, 4) is 0 Å². The van der Waals surface area contributed by atoms with Gasteiger partial charge in [-0.05, 0) is 25.7 Å². The molecule has 2 atom stereocenters. The lowest BCUT2D eigenvalue weighted by molar-refractivity contribution is -0.270. The molecule has 0 radical (unpaired) electrons. The molecule has 0 saturated carbocycles. The van der Waals surface area contributed by atoms with Crippen molar-refractivity contribution in [2.24, 2.45) is 5.73 Å². The average molecular weight is 169 g/mol. The summed E-state index contributed by atoms with van der Waals surface area (Å²) in [6.07, 6.45) is 2.53. The molecule has 4 nitrogen and oxygen atoms in total. The molecule has 2 aliphatic rings. The van der Waals surface area contributed by atoms with Crippen molar-refractivity contribution >= 4 is 6.09 Å². The molecule has 0 aliphatic carbocycles. The van der Waals surface area contributed by atoms with Crippen LogP contribution in [0.1, 0.15) is 25.7 Å². The van der Waals surface area contributed by atoms with Crippen LogP contribution in [-0.4, -0.2) is 29.1 Å². The lowest BCUT2D eigenvalue weighted by Gasteiger charge is -2.39. The maximum absolute atomic E-state index is 10.7. The van der Waals surface area contributed by atoms with Crippen LogP contribution in [0.15, 0.2) is 0 Å². The molecule has 0 aromatic carbocycles. The molecule has 2 bridgehead atoms. The minimum atomic E-state index is -1.02. The third-order valence-electron chi connectivity index (χ3n) is 2.98. The number of hydrogen-bond donors (Lipinski definition) is 1. The zero-order valence-electron chi connectivity index (χ0n) is 6.90. The lowest BCUT2D eigenvalue weighted by Crippen LogP contribution is -2.54. The topological polar surface area (TPSA) is 69.4 Å². The number of hydrogen-bond acceptors (Lipinski definition) is 3. The predicted molar refractivity (Wildman–Crippen MR) is 41.3 cm³/mol. The second-order valence-corrected chi connectivity index (χ2v) is 3.79. The molecule has 2 saturated heterocycles. The van der Waals surface area contributed by atoms with E-state index in [1.54, 1.807) is 0 Å². The summed E-state index contributed by atoms with van der Waals surface area (Å²) in [5.41, 5.74) is 5.78. The number of carboxylic acid groups (broad SMARTS) is 1. The van der Waals surface area contributed by atoms with E-state index in [1.165, 1.54) is 4.90 Å². The summed E-state index contributed by atoms with van der Waals surface area (Å²) in [6, 6.07) is 0.477. The Labute approximate surface area is 71.3 Å². The second kappa shape index (κ2) is 2.62. The summed E-state index contributed by atoms with van der Waals surface area (Å²) in [6.45, 7) is 0. The van der Waals surface area contributed by atoms with Crippen molar-refractivity contribution in [3.63, 3.8) is 0 Å². The van der Waals surface area contributed by atoms with Crippen LogP contribution in [-0.2, 0) is 0 Å². The number of amides is 1. The predicted octanol–water partition coefficient (Wildman–Crippen LogP) is -0.716. The van der Waals surface area contributed by atoms with Crippen LogP contribution in [0, 0.1) is 0 Å². The highest BCUT2D eigenvalue weighted by Gasteiger charge is 2.39. The fraction of sp³-hybridized carbons (Fsp3) is 0.875. The van der Waals surface area contributed by atoms with Crippen molar-refractivity contribution in [1.82, 2.24) is 4.90 Å². The number of piperidine rings is 1. The Balaban J connectivity index is 2.14. The van der Waals surface area contributed by atoms with Crippen LogP contribution in [0.3, 0.4) is 0 Å². The molecule has 2 N–H and O–H groups in total. The number of nitrogens with zero attached hydrogens (tertiary/aromatic N) is 1. The van der Waals surface area contributed by atoms with Crippen LogP contribution in [0.5, 0.6) is 0 Å². The number of carbonyl (C=O) groups excluding carboxylic acids is 1. The Morgan fingerprint density at radius 3 is 2.25 bits per heavy atom. The maximum atomic E-state index is 10.7. The van der Waals surface area contributed by atoms with Crippen molar-refractivity contribution in [2.45, 2.75) is 43.8 Å². The van der Waals surface area contributed by atoms with E-state index in [4.69, 9.17) is 5.73 Å². The van der Waals surface area contributed by atoms with Crippen molar-refractivity contribution in [2.75, 3.05) is 0 Å². The van der Waals surface area contributed by atoms with Crippen LogP contribution in [0.4, 0.5) is 4.79 Å². The summed E-state index contributed by atoms with van der Waals surface area (Å²) in [7, 11) is 0. The van der Waals surface area contributed by atoms with Gasteiger partial charge in [-0.25, -0.2) is 0 Å². The van der Waals surface area contributed by atoms with Gasteiger partial charge in [0, 0.05) is 18.1 Å². The van der Waals surface area contributed by atoms with E-state index in [2.05, 4.69) is 0 Å². The first kappa shape index (κ1) is 7.86. The van der Waals surface area contributed by atoms with Crippen LogP contribution >= 0.6 is 0 Å². The Bertz CT molecular complexity index is 193. The monoisotopic (exact) mass is 169 g/mol. The quantitative estimate of drug-likeness (QED) is 0.520. The number of rotatable bonds is 0. The van der Waals surface area contributed by atoms with E-state index >= 15 is 0 Å². The Hall–Kier alpha value is -0.770. The van der Waals surface area contributed by atoms with E-state index in [-0.39, 0.29) is 18.1 Å². The van der Waals surface area contributed by atoms with Gasteiger partial charge in [0.25, 0.3) is 0 Å². The van der Waals surface area contributed by atoms with Crippen molar-refractivity contribution in [1.29, 1.82) is 0 Å². The summed E-state index contributed by atoms with van der Waals surface area (Å²) < 4.78 is 0. The molecule has 2 unspecified atom stereocenters. The van der Waals surface area contributed by atoms with E-state index in [1.807, 2.05) is 0 Å². The van der Waals surface area contributed by atoms with E-state index < -0.39 is 6.09 Å². The van der Waals surface area contributed by atoms with E-state index in [9.17, 15) is 9.90 Å². The van der Waals surface area contributed by atoms with Gasteiger partial charge < -0.3 is 20.5 Å². The molecule has 1 amide bonds.